The van der Waals surface area contributed by atoms with Crippen molar-refractivity contribution in [3.05, 3.63) is 0 Å². The molecule has 0 amide bonds. The molecule has 0 rings (SSSR count). The van der Waals surface area contributed by atoms with Gasteiger partial charge in [0.05, 0.1) is 0 Å². The molecule has 0 aliphatic carbocycles. The van der Waals surface area contributed by atoms with Crippen molar-refractivity contribution >= 4 is 0 Å². The summed E-state index contributed by atoms with van der Waals surface area (Å²) in [5.74, 6) is 0. The minimum atomic E-state index is 0.806. The average molecular weight is 61.1 g/mol. The molecule has 0 fully saturated rings. The quantitative estimate of drug-likeness (QED) is 0.457. The summed E-state index contributed by atoms with van der Waals surface area (Å²) in [6, 6.07) is 0. The summed E-state index contributed by atoms with van der Waals surface area (Å²) >= 11 is 0. The van der Waals surface area contributed by atoms with Gasteiger partial charge in [-0.2, -0.15) is 0 Å². The molecule has 4 heavy (non-hydrogen) atoms. The second kappa shape index (κ2) is 2.96. The van der Waals surface area contributed by atoms with Crippen LogP contribution in [0.25, 0.3) is 0 Å². The van der Waals surface area contributed by atoms with E-state index in [1.54, 1.807) is 7.05 Å². The van der Waals surface area contributed by atoms with Gasteiger partial charge in [-0.05, 0) is 13.6 Å². The van der Waals surface area contributed by atoms with E-state index in [9.17, 15) is 0 Å². The van der Waals surface area contributed by atoms with Gasteiger partial charge in [0.15, 0.2) is 0 Å². The predicted molar refractivity (Wildman–Crippen MR) is 19.6 cm³/mol. The monoisotopic (exact) mass is 61.1 g/mol. The molecule has 0 unspecified atom stereocenters. The molecule has 0 saturated heterocycles. The molecule has 0 aromatic heterocycles. The van der Waals surface area contributed by atoms with Crippen LogP contribution in [0.2, 0.25) is 1.41 Å². The zero-order valence-corrected chi connectivity index (χ0v) is 3.15. The lowest BCUT2D eigenvalue weighted by Gasteiger charge is -1.76. The van der Waals surface area contributed by atoms with E-state index in [4.69, 9.17) is 1.41 Å². The third-order valence-corrected chi connectivity index (χ3v) is 0.316. The van der Waals surface area contributed by atoms with Crippen molar-refractivity contribution < 1.29 is 1.41 Å². The smallest absolute Gasteiger partial charge is 0.122 e. The van der Waals surface area contributed by atoms with Gasteiger partial charge in [-0.25, -0.2) is 0 Å². The normalized spacial score (nSPS) is 12.2. The number of hydrogen-bond acceptors (Lipinski definition) is 1. The number of hydrogen-bond donors (Lipinski definition) is 1. The first-order valence-electron chi connectivity index (χ1n) is 1.92. The highest BCUT2D eigenvalue weighted by atomic mass is 14.8. The summed E-state index contributed by atoms with van der Waals surface area (Å²) in [4.78, 5) is 0. The van der Waals surface area contributed by atoms with Crippen LogP contribution in [0, 0.1) is 0 Å². The van der Waals surface area contributed by atoms with Crippen LogP contribution in [0.15, 0.2) is 0 Å². The van der Waals surface area contributed by atoms with Crippen molar-refractivity contribution in [3.8, 4) is 0 Å². The van der Waals surface area contributed by atoms with Gasteiger partial charge in [0.1, 0.15) is 1.41 Å². The Morgan fingerprint density at radius 2 is 2.50 bits per heavy atom. The fourth-order valence-electron chi connectivity index (χ4n) is 0. The van der Waals surface area contributed by atoms with Crippen molar-refractivity contribution in [2.24, 2.45) is 0 Å². The zero-order valence-electron chi connectivity index (χ0n) is 4.15. The van der Waals surface area contributed by atoms with E-state index in [1.165, 1.54) is 5.31 Å². The predicted octanol–water partition coefficient (Wildman–Crippen LogP) is 0.226. The van der Waals surface area contributed by atoms with E-state index in [-0.39, 0.29) is 0 Å². The van der Waals surface area contributed by atoms with Crippen molar-refractivity contribution in [2.45, 2.75) is 6.92 Å². The highest BCUT2D eigenvalue weighted by Gasteiger charge is 1.50. The summed E-state index contributed by atoms with van der Waals surface area (Å²) in [5.41, 5.74) is 0. The van der Waals surface area contributed by atoms with Crippen molar-refractivity contribution in [3.63, 3.8) is 0 Å². The second-order valence-electron chi connectivity index (χ2n) is 0.632. The van der Waals surface area contributed by atoms with Crippen LogP contribution in [0.4, 0.5) is 0 Å². The first-order valence-corrected chi connectivity index (χ1v) is 1.47. The van der Waals surface area contributed by atoms with Crippen LogP contribution in [-0.4, -0.2) is 13.6 Å². The maximum atomic E-state index is 6.66. The Kier molecular flexibility index (Phi) is 1.64. The summed E-state index contributed by atoms with van der Waals surface area (Å²) in [6.45, 7) is 2.74. The van der Waals surface area contributed by atoms with E-state index >= 15 is 0 Å². The van der Waals surface area contributed by atoms with Crippen LogP contribution >= 0.6 is 0 Å². The largest absolute Gasteiger partial charge is 0.320 e. The third kappa shape index (κ3) is 1.96. The Labute approximate surface area is 28.5 Å². The Morgan fingerprint density at radius 3 is 2.50 bits per heavy atom. The third-order valence-electron chi connectivity index (χ3n) is 0.316. The molecule has 0 spiro atoms. The van der Waals surface area contributed by atoms with E-state index in [1.807, 2.05) is 6.92 Å². The van der Waals surface area contributed by atoms with E-state index in [0.717, 1.165) is 6.54 Å². The molecule has 0 heterocycles. The summed E-state index contributed by atoms with van der Waals surface area (Å²) in [7, 11) is 1.72. The van der Waals surface area contributed by atoms with E-state index in [0.29, 0.717) is 0 Å². The van der Waals surface area contributed by atoms with Gasteiger partial charge in [-0.3, -0.25) is 0 Å². The number of rotatable bonds is 1. The zero-order chi connectivity index (χ0) is 4.28. The lowest BCUT2D eigenvalue weighted by Crippen LogP contribution is -2.01. The van der Waals surface area contributed by atoms with Crippen molar-refractivity contribution in [1.29, 1.82) is 0 Å². The van der Waals surface area contributed by atoms with Crippen LogP contribution < -0.4 is 5.31 Å². The molecule has 1 nitrogen and oxygen atoms in total. The lowest BCUT2D eigenvalue weighted by atomic mass is 10.8. The van der Waals surface area contributed by atoms with Crippen LogP contribution in [-0.2, 0) is 0 Å². The molecule has 0 aromatic carbocycles. The average Bonchev–Trinajstić information content (AvgIpc) is 1.38. The minimum absolute atomic E-state index is 0.806. The first kappa shape index (κ1) is 2.21. The van der Waals surface area contributed by atoms with Gasteiger partial charge < -0.3 is 5.31 Å². The number of nitrogens with one attached hydrogen (secondary N) is 1. The van der Waals surface area contributed by atoms with Crippen molar-refractivity contribution in [1.82, 2.24) is 5.31 Å². The second-order valence-corrected chi connectivity index (χ2v) is 0.632. The molecule has 0 bridgehead atoms. The maximum absolute atomic E-state index is 6.66. The van der Waals surface area contributed by atoms with Crippen LogP contribution in [0.3, 0.4) is 0 Å². The lowest BCUT2D eigenvalue weighted by molar-refractivity contribution is 0.864. The molecule has 1 heteroatoms. The molecular formula is C3H9N. The Balaban J connectivity index is 2.54. The highest BCUT2D eigenvalue weighted by molar-refractivity contribution is 4.15. The van der Waals surface area contributed by atoms with Gasteiger partial charge >= 0.3 is 0 Å². The highest BCUT2D eigenvalue weighted by Crippen LogP contribution is 1.34. The molecular weight excluding hydrogens is 50.0 g/mol. The molecule has 26 valence electrons. The van der Waals surface area contributed by atoms with Gasteiger partial charge in [0, 0.05) is 0 Å². The Morgan fingerprint density at radius 1 is 2.25 bits per heavy atom. The van der Waals surface area contributed by atoms with Gasteiger partial charge in [0.2, 0.25) is 0 Å². The van der Waals surface area contributed by atoms with Crippen LogP contribution in [0.1, 0.15) is 6.92 Å². The fourth-order valence-corrected chi connectivity index (χ4v) is 0. The SMILES string of the molecule is [3H]N(C)CC. The van der Waals surface area contributed by atoms with Crippen LogP contribution in [0.5, 0.6) is 0 Å². The topological polar surface area (TPSA) is 12.0 Å². The Bertz CT molecular complexity index is 20.9. The fraction of sp³-hybridized carbons (Fsp3) is 1.00. The molecule has 0 aliphatic rings. The van der Waals surface area contributed by atoms with Gasteiger partial charge in [-0.1, -0.05) is 6.92 Å². The van der Waals surface area contributed by atoms with Gasteiger partial charge in [-0.15, -0.1) is 0 Å². The molecule has 0 saturated carbocycles. The summed E-state index contributed by atoms with van der Waals surface area (Å²) < 4.78 is 6.66. The molecule has 0 radical (unpaired) electrons. The van der Waals surface area contributed by atoms with E-state index in [2.05, 4.69) is 0 Å². The summed E-state index contributed by atoms with van der Waals surface area (Å²) in [5, 5.41) is 1.38. The molecule has 0 atom stereocenters. The minimum Gasteiger partial charge on any atom is -0.320 e. The Hall–Kier alpha value is -0.0400. The van der Waals surface area contributed by atoms with E-state index < -0.39 is 0 Å². The maximum Gasteiger partial charge on any atom is 0.122 e. The van der Waals surface area contributed by atoms with Gasteiger partial charge in [0.25, 0.3) is 0 Å². The first-order chi connectivity index (χ1) is 2.27. The molecule has 0 aliphatic heterocycles. The summed E-state index contributed by atoms with van der Waals surface area (Å²) in [6.07, 6.45) is 0. The molecule has 1 N–H and O–H groups in total. The molecule has 0 aromatic rings. The van der Waals surface area contributed by atoms with Crippen molar-refractivity contribution in [2.75, 3.05) is 13.6 Å². The standard InChI is InChI=1S/C3H9N/c1-3-4-2/h4H,3H2,1-2H3/i/hT.